The van der Waals surface area contributed by atoms with Crippen molar-refractivity contribution >= 4 is 18.6 Å². The summed E-state index contributed by atoms with van der Waals surface area (Å²) in [6.07, 6.45) is 0. The van der Waals surface area contributed by atoms with Crippen molar-refractivity contribution in [2.75, 3.05) is 0 Å². The number of carbonyl (C=O) groups excluding carboxylic acids is 1. The quantitative estimate of drug-likeness (QED) is 0.799. The molecule has 1 unspecified atom stereocenters. The normalized spacial score (nSPS) is 12.2. The van der Waals surface area contributed by atoms with Crippen molar-refractivity contribution in [2.24, 2.45) is 0 Å². The van der Waals surface area contributed by atoms with Gasteiger partial charge in [-0.2, -0.15) is 0 Å². The fourth-order valence-electron chi connectivity index (χ4n) is 2.05. The molecule has 19 heavy (non-hydrogen) atoms. The largest absolute Gasteiger partial charge is 0.313 e. The molecule has 0 aliphatic heterocycles. The second-order valence-electron chi connectivity index (χ2n) is 4.70. The molecule has 2 aromatic rings. The van der Waals surface area contributed by atoms with E-state index in [1.54, 1.807) is 24.3 Å². The van der Waals surface area contributed by atoms with Crippen LogP contribution in [-0.2, 0) is 4.57 Å². The number of hydrogen-bond donors (Lipinski definition) is 0. The van der Waals surface area contributed by atoms with Crippen molar-refractivity contribution in [3.8, 4) is 0 Å². The van der Waals surface area contributed by atoms with E-state index in [1.165, 1.54) is 0 Å². The molecule has 3 heteroatoms. The van der Waals surface area contributed by atoms with E-state index in [0.717, 1.165) is 16.7 Å². The van der Waals surface area contributed by atoms with Crippen molar-refractivity contribution in [3.63, 3.8) is 0 Å². The Morgan fingerprint density at radius 1 is 0.895 bits per heavy atom. The van der Waals surface area contributed by atoms with Gasteiger partial charge in [-0.25, -0.2) is 0 Å². The number of carbonyl (C=O) groups is 1. The lowest BCUT2D eigenvalue weighted by molar-refractivity contribution is 0.108. The molecule has 0 aromatic heterocycles. The first-order valence-electron chi connectivity index (χ1n) is 6.23. The van der Waals surface area contributed by atoms with Gasteiger partial charge in [0.15, 0.2) is 7.80 Å². The molecule has 98 valence electrons. The first-order valence-corrected chi connectivity index (χ1v) is 7.64. The summed E-state index contributed by atoms with van der Waals surface area (Å²) in [6.45, 7) is 5.94. The van der Waals surface area contributed by atoms with Crippen LogP contribution in [0.25, 0.3) is 0 Å². The van der Waals surface area contributed by atoms with Gasteiger partial charge in [-0.05, 0) is 37.5 Å². The maximum absolute atomic E-state index is 12.5. The van der Waals surface area contributed by atoms with Gasteiger partial charge in [-0.1, -0.05) is 42.5 Å². The standard InChI is InChI=1S/C16H17O2P/c1-11-9-10-15(13(3)12(11)2)19(18)16(17)14-7-5-4-6-8-14/h4-10,19H,1-3H3. The topological polar surface area (TPSA) is 34.1 Å². The predicted octanol–water partition coefficient (Wildman–Crippen LogP) is 3.64. The monoisotopic (exact) mass is 272 g/mol. The zero-order valence-corrected chi connectivity index (χ0v) is 12.4. The van der Waals surface area contributed by atoms with E-state index in [1.807, 2.05) is 39.0 Å². The minimum Gasteiger partial charge on any atom is -0.313 e. The average molecular weight is 272 g/mol. The van der Waals surface area contributed by atoms with Crippen molar-refractivity contribution in [1.29, 1.82) is 0 Å². The fraction of sp³-hybridized carbons (Fsp3) is 0.188. The average Bonchev–Trinajstić information content (AvgIpc) is 2.44. The van der Waals surface area contributed by atoms with E-state index in [9.17, 15) is 9.36 Å². The second-order valence-corrected chi connectivity index (χ2v) is 6.36. The summed E-state index contributed by atoms with van der Waals surface area (Å²) in [5, 5.41) is 0.682. The Kier molecular flexibility index (Phi) is 4.01. The molecule has 0 fully saturated rings. The Labute approximate surface area is 114 Å². The highest BCUT2D eigenvalue weighted by atomic mass is 31.1. The lowest BCUT2D eigenvalue weighted by Crippen LogP contribution is -2.10. The molecular formula is C16H17O2P. The molecule has 0 amide bonds. The Hall–Kier alpha value is -1.66. The second kappa shape index (κ2) is 5.54. The smallest absolute Gasteiger partial charge is 0.222 e. The van der Waals surface area contributed by atoms with Crippen molar-refractivity contribution < 1.29 is 9.36 Å². The van der Waals surface area contributed by atoms with E-state index in [-0.39, 0.29) is 5.52 Å². The summed E-state index contributed by atoms with van der Waals surface area (Å²) in [7, 11) is -2.45. The predicted molar refractivity (Wildman–Crippen MR) is 80.1 cm³/mol. The molecule has 2 rings (SSSR count). The Balaban J connectivity index is 2.41. The lowest BCUT2D eigenvalue weighted by atomic mass is 10.1. The first kappa shape index (κ1) is 13.8. The van der Waals surface area contributed by atoms with Crippen LogP contribution in [0, 0.1) is 20.8 Å². The van der Waals surface area contributed by atoms with Gasteiger partial charge in [0.05, 0.1) is 0 Å². The highest BCUT2D eigenvalue weighted by molar-refractivity contribution is 7.71. The van der Waals surface area contributed by atoms with Crippen LogP contribution in [0.2, 0.25) is 0 Å². The highest BCUT2D eigenvalue weighted by Gasteiger charge is 2.18. The summed E-state index contributed by atoms with van der Waals surface area (Å²) in [5.74, 6) is 0. The molecule has 0 aliphatic carbocycles. The minimum absolute atomic E-state index is 0.267. The zero-order valence-electron chi connectivity index (χ0n) is 11.4. The third-order valence-corrected chi connectivity index (χ3v) is 5.28. The Bertz CT molecular complexity index is 645. The van der Waals surface area contributed by atoms with Gasteiger partial charge in [0.2, 0.25) is 5.52 Å². The maximum atomic E-state index is 12.5. The molecule has 0 spiro atoms. The Morgan fingerprint density at radius 2 is 1.53 bits per heavy atom. The van der Waals surface area contributed by atoms with Crippen LogP contribution in [0.15, 0.2) is 42.5 Å². The van der Waals surface area contributed by atoms with Gasteiger partial charge >= 0.3 is 0 Å². The maximum Gasteiger partial charge on any atom is 0.222 e. The molecule has 0 radical (unpaired) electrons. The molecule has 1 atom stereocenters. The number of hydrogen-bond acceptors (Lipinski definition) is 2. The van der Waals surface area contributed by atoms with E-state index >= 15 is 0 Å². The van der Waals surface area contributed by atoms with Crippen LogP contribution in [0.4, 0.5) is 0 Å². The molecule has 2 aromatic carbocycles. The molecule has 0 heterocycles. The van der Waals surface area contributed by atoms with Crippen molar-refractivity contribution in [1.82, 2.24) is 0 Å². The van der Waals surface area contributed by atoms with Crippen LogP contribution < -0.4 is 5.30 Å². The molecule has 0 bridgehead atoms. The summed E-state index contributed by atoms with van der Waals surface area (Å²) < 4.78 is 12.5. The van der Waals surface area contributed by atoms with Gasteiger partial charge < -0.3 is 4.57 Å². The highest BCUT2D eigenvalue weighted by Crippen LogP contribution is 2.29. The first-order chi connectivity index (χ1) is 9.02. The summed E-state index contributed by atoms with van der Waals surface area (Å²) in [4.78, 5) is 12.2. The number of aryl methyl sites for hydroxylation is 1. The van der Waals surface area contributed by atoms with E-state index in [2.05, 4.69) is 0 Å². The van der Waals surface area contributed by atoms with Gasteiger partial charge in [0.25, 0.3) is 0 Å². The van der Waals surface area contributed by atoms with Crippen LogP contribution >= 0.6 is 7.80 Å². The van der Waals surface area contributed by atoms with Gasteiger partial charge in [0.1, 0.15) is 0 Å². The van der Waals surface area contributed by atoms with Gasteiger partial charge in [0, 0.05) is 10.9 Å². The zero-order chi connectivity index (χ0) is 14.0. The van der Waals surface area contributed by atoms with Gasteiger partial charge in [-0.15, -0.1) is 0 Å². The fourth-order valence-corrected chi connectivity index (χ4v) is 3.48. The third-order valence-electron chi connectivity index (χ3n) is 3.54. The molecule has 0 aliphatic rings. The number of benzene rings is 2. The Morgan fingerprint density at radius 3 is 2.16 bits per heavy atom. The lowest BCUT2D eigenvalue weighted by Gasteiger charge is -2.10. The summed E-state index contributed by atoms with van der Waals surface area (Å²) >= 11 is 0. The molecule has 2 nitrogen and oxygen atoms in total. The van der Waals surface area contributed by atoms with Crippen LogP contribution in [-0.4, -0.2) is 5.52 Å². The minimum atomic E-state index is -2.45. The SMILES string of the molecule is Cc1ccc([PH](=O)C(=O)c2ccccc2)c(C)c1C. The van der Waals surface area contributed by atoms with E-state index in [4.69, 9.17) is 0 Å². The molecule has 0 saturated carbocycles. The third kappa shape index (κ3) is 2.69. The van der Waals surface area contributed by atoms with E-state index in [0.29, 0.717) is 10.9 Å². The summed E-state index contributed by atoms with van der Waals surface area (Å²) in [6, 6.07) is 12.6. The van der Waals surface area contributed by atoms with Crippen molar-refractivity contribution in [2.45, 2.75) is 20.8 Å². The van der Waals surface area contributed by atoms with E-state index < -0.39 is 7.80 Å². The molecule has 0 saturated heterocycles. The summed E-state index contributed by atoms with van der Waals surface area (Å²) in [5.41, 5.74) is 3.48. The molecule has 0 N–H and O–H groups in total. The van der Waals surface area contributed by atoms with Crippen LogP contribution in [0.5, 0.6) is 0 Å². The van der Waals surface area contributed by atoms with Crippen LogP contribution in [0.1, 0.15) is 27.0 Å². The number of rotatable bonds is 3. The molecular weight excluding hydrogens is 255 g/mol. The van der Waals surface area contributed by atoms with Gasteiger partial charge in [-0.3, -0.25) is 4.79 Å². The van der Waals surface area contributed by atoms with Crippen LogP contribution in [0.3, 0.4) is 0 Å². The van der Waals surface area contributed by atoms with Crippen molar-refractivity contribution in [3.05, 3.63) is 64.7 Å².